The molecule has 2 aromatic carbocycles. The van der Waals surface area contributed by atoms with E-state index in [-0.39, 0.29) is 10.8 Å². The van der Waals surface area contributed by atoms with Gasteiger partial charge in [-0.25, -0.2) is 13.6 Å². The van der Waals surface area contributed by atoms with Crippen molar-refractivity contribution >= 4 is 15.9 Å². The summed E-state index contributed by atoms with van der Waals surface area (Å²) in [6.07, 6.45) is 1.88. The summed E-state index contributed by atoms with van der Waals surface area (Å²) in [4.78, 5) is 14.5. The van der Waals surface area contributed by atoms with E-state index in [0.717, 1.165) is 12.8 Å². The van der Waals surface area contributed by atoms with Crippen molar-refractivity contribution < 1.29 is 13.2 Å². The maximum atomic E-state index is 12.7. The number of amides is 1. The summed E-state index contributed by atoms with van der Waals surface area (Å²) in [5, 5.41) is 5.08. The van der Waals surface area contributed by atoms with Crippen LogP contribution in [0.1, 0.15) is 27.9 Å². The number of carbonyl (C=O) groups is 1. The molecule has 0 saturated carbocycles. The van der Waals surface area contributed by atoms with Crippen LogP contribution in [0.3, 0.4) is 0 Å². The number of fused-ring (bicyclic) bond motifs is 1. The normalized spacial score (nSPS) is 14.9. The minimum atomic E-state index is -3.74. The molecular weight excluding hydrogens is 312 g/mol. The van der Waals surface area contributed by atoms with Crippen molar-refractivity contribution in [3.05, 3.63) is 65.2 Å². The Balaban J connectivity index is 1.83. The Morgan fingerprint density at radius 3 is 2.30 bits per heavy atom. The summed E-state index contributed by atoms with van der Waals surface area (Å²) in [6.45, 7) is 1.26. The Bertz CT molecular complexity index is 829. The number of nitrogens with two attached hydrogens (primary N) is 1. The van der Waals surface area contributed by atoms with Gasteiger partial charge < -0.3 is 4.90 Å². The first-order valence-corrected chi connectivity index (χ1v) is 8.99. The highest BCUT2D eigenvalue weighted by molar-refractivity contribution is 7.89. The van der Waals surface area contributed by atoms with Gasteiger partial charge in [0.2, 0.25) is 10.0 Å². The second-order valence-electron chi connectivity index (χ2n) is 5.67. The van der Waals surface area contributed by atoms with Gasteiger partial charge in [-0.2, -0.15) is 0 Å². The van der Waals surface area contributed by atoms with E-state index in [1.54, 1.807) is 4.90 Å². The lowest BCUT2D eigenvalue weighted by Crippen LogP contribution is -2.30. The van der Waals surface area contributed by atoms with Gasteiger partial charge in [0.15, 0.2) is 0 Å². The van der Waals surface area contributed by atoms with Crippen LogP contribution in [-0.2, 0) is 23.0 Å². The van der Waals surface area contributed by atoms with Gasteiger partial charge >= 0.3 is 0 Å². The molecule has 6 heteroatoms. The highest BCUT2D eigenvalue weighted by Crippen LogP contribution is 2.20. The number of carbonyl (C=O) groups excluding carboxylic acids is 1. The summed E-state index contributed by atoms with van der Waals surface area (Å²) in [7, 11) is -3.74. The van der Waals surface area contributed by atoms with E-state index in [4.69, 9.17) is 5.14 Å². The lowest BCUT2D eigenvalue weighted by Gasteiger charge is -2.21. The molecule has 1 amide bonds. The second-order valence-corrected chi connectivity index (χ2v) is 7.23. The Morgan fingerprint density at radius 2 is 1.65 bits per heavy atom. The molecule has 0 aromatic heterocycles. The van der Waals surface area contributed by atoms with Gasteiger partial charge in [-0.3, -0.25) is 4.79 Å². The lowest BCUT2D eigenvalue weighted by atomic mass is 10.0. The molecule has 0 spiro atoms. The van der Waals surface area contributed by atoms with Crippen LogP contribution in [0.2, 0.25) is 0 Å². The van der Waals surface area contributed by atoms with Crippen molar-refractivity contribution in [1.29, 1.82) is 0 Å². The number of nitrogens with zero attached hydrogens (tertiary/aromatic N) is 1. The molecule has 0 bridgehead atoms. The van der Waals surface area contributed by atoms with Crippen LogP contribution in [0.4, 0.5) is 0 Å². The van der Waals surface area contributed by atoms with Crippen LogP contribution in [-0.4, -0.2) is 25.8 Å². The first kappa shape index (κ1) is 15.7. The molecule has 2 aromatic rings. The zero-order valence-electron chi connectivity index (χ0n) is 12.6. The van der Waals surface area contributed by atoms with Gasteiger partial charge in [0, 0.05) is 18.7 Å². The van der Waals surface area contributed by atoms with E-state index in [9.17, 15) is 13.2 Å². The molecule has 1 aliphatic rings. The number of sulfonamides is 1. The van der Waals surface area contributed by atoms with Crippen molar-refractivity contribution in [2.45, 2.75) is 24.3 Å². The summed E-state index contributed by atoms with van der Waals surface area (Å²) in [5.74, 6) is -0.0947. The highest BCUT2D eigenvalue weighted by Gasteiger charge is 2.20. The average Bonchev–Trinajstić information content (AvgIpc) is 2.75. The van der Waals surface area contributed by atoms with Crippen LogP contribution in [0.5, 0.6) is 0 Å². The first-order valence-electron chi connectivity index (χ1n) is 7.44. The Morgan fingerprint density at radius 1 is 1.00 bits per heavy atom. The van der Waals surface area contributed by atoms with E-state index in [2.05, 4.69) is 6.07 Å². The molecule has 2 N–H and O–H groups in total. The van der Waals surface area contributed by atoms with Crippen molar-refractivity contribution in [2.24, 2.45) is 5.14 Å². The number of rotatable bonds is 2. The van der Waals surface area contributed by atoms with Crippen molar-refractivity contribution in [3.8, 4) is 0 Å². The fourth-order valence-corrected chi connectivity index (χ4v) is 3.36. The maximum absolute atomic E-state index is 12.7. The van der Waals surface area contributed by atoms with E-state index >= 15 is 0 Å². The van der Waals surface area contributed by atoms with E-state index < -0.39 is 10.0 Å². The molecule has 23 heavy (non-hydrogen) atoms. The largest absolute Gasteiger partial charge is 0.334 e. The third-order valence-corrected chi connectivity index (χ3v) is 5.00. The average molecular weight is 330 g/mol. The zero-order valence-corrected chi connectivity index (χ0v) is 13.4. The Labute approximate surface area is 135 Å². The highest BCUT2D eigenvalue weighted by atomic mass is 32.2. The second kappa shape index (κ2) is 6.14. The SMILES string of the molecule is NS(=O)(=O)c1ccc(C(=O)N2CCCc3ccccc3C2)cc1. The van der Waals surface area contributed by atoms with Gasteiger partial charge in [-0.1, -0.05) is 24.3 Å². The van der Waals surface area contributed by atoms with Crippen LogP contribution in [0, 0.1) is 0 Å². The monoisotopic (exact) mass is 330 g/mol. The van der Waals surface area contributed by atoms with E-state index in [0.29, 0.717) is 18.7 Å². The molecule has 120 valence electrons. The van der Waals surface area contributed by atoms with Crippen LogP contribution >= 0.6 is 0 Å². The molecular formula is C17H18N2O3S. The zero-order chi connectivity index (χ0) is 16.4. The summed E-state index contributed by atoms with van der Waals surface area (Å²) < 4.78 is 22.6. The van der Waals surface area contributed by atoms with Crippen molar-refractivity contribution in [3.63, 3.8) is 0 Å². The Hall–Kier alpha value is -2.18. The number of hydrogen-bond acceptors (Lipinski definition) is 3. The fourth-order valence-electron chi connectivity index (χ4n) is 2.84. The molecule has 0 fully saturated rings. The summed E-state index contributed by atoms with van der Waals surface area (Å²) in [5.41, 5.74) is 2.92. The quantitative estimate of drug-likeness (QED) is 0.913. The Kier molecular flexibility index (Phi) is 4.19. The van der Waals surface area contributed by atoms with Crippen molar-refractivity contribution in [1.82, 2.24) is 4.90 Å². The molecule has 0 radical (unpaired) electrons. The topological polar surface area (TPSA) is 80.5 Å². The van der Waals surface area contributed by atoms with Gasteiger partial charge in [-0.05, 0) is 48.2 Å². The predicted molar refractivity (Wildman–Crippen MR) is 87.3 cm³/mol. The van der Waals surface area contributed by atoms with E-state index in [1.165, 1.54) is 35.4 Å². The number of primary sulfonamides is 1. The third kappa shape index (κ3) is 3.43. The fraction of sp³-hybridized carbons (Fsp3) is 0.235. The van der Waals surface area contributed by atoms with Crippen LogP contribution in [0.15, 0.2) is 53.4 Å². The van der Waals surface area contributed by atoms with Crippen LogP contribution < -0.4 is 5.14 Å². The number of aryl methyl sites for hydroxylation is 1. The standard InChI is InChI=1S/C17H18N2O3S/c18-23(21,22)16-9-7-14(8-10-16)17(20)19-11-3-6-13-4-1-2-5-15(13)12-19/h1-2,4-5,7-10H,3,6,11-12H2,(H2,18,21,22). The molecule has 1 heterocycles. The number of benzene rings is 2. The molecule has 5 nitrogen and oxygen atoms in total. The minimum absolute atomic E-state index is 0.00950. The molecule has 3 rings (SSSR count). The maximum Gasteiger partial charge on any atom is 0.254 e. The smallest absolute Gasteiger partial charge is 0.254 e. The van der Waals surface area contributed by atoms with Gasteiger partial charge in [-0.15, -0.1) is 0 Å². The van der Waals surface area contributed by atoms with Gasteiger partial charge in [0.1, 0.15) is 0 Å². The number of hydrogen-bond donors (Lipinski definition) is 1. The van der Waals surface area contributed by atoms with Crippen LogP contribution in [0.25, 0.3) is 0 Å². The van der Waals surface area contributed by atoms with Gasteiger partial charge in [0.25, 0.3) is 5.91 Å². The molecule has 0 saturated heterocycles. The molecule has 1 aliphatic heterocycles. The lowest BCUT2D eigenvalue weighted by molar-refractivity contribution is 0.0746. The molecule has 0 unspecified atom stereocenters. The minimum Gasteiger partial charge on any atom is -0.334 e. The summed E-state index contributed by atoms with van der Waals surface area (Å²) in [6, 6.07) is 13.9. The first-order chi connectivity index (χ1) is 10.9. The molecule has 0 aliphatic carbocycles. The van der Waals surface area contributed by atoms with E-state index in [1.807, 2.05) is 18.2 Å². The molecule has 0 atom stereocenters. The van der Waals surface area contributed by atoms with Crippen molar-refractivity contribution in [2.75, 3.05) is 6.54 Å². The summed E-state index contributed by atoms with van der Waals surface area (Å²) >= 11 is 0. The predicted octanol–water partition coefficient (Wildman–Crippen LogP) is 1.92. The van der Waals surface area contributed by atoms with Gasteiger partial charge in [0.05, 0.1) is 4.90 Å². The third-order valence-electron chi connectivity index (χ3n) is 4.07.